The fraction of sp³-hybridized carbons (Fsp3) is 0.455. The summed E-state index contributed by atoms with van der Waals surface area (Å²) in [5.74, 6) is 0. The molecule has 94 valence electrons. The molecule has 0 radical (unpaired) electrons. The molecule has 1 N–H and O–H groups in total. The number of ether oxygens (including phenoxy) is 1. The Hall–Kier alpha value is -1.07. The molecule has 0 unspecified atom stereocenters. The van der Waals surface area contributed by atoms with Crippen LogP contribution >= 0.6 is 22.9 Å². The molecule has 4 nitrogen and oxygen atoms in total. The fourth-order valence-corrected chi connectivity index (χ4v) is 2.17. The van der Waals surface area contributed by atoms with Crippen LogP contribution in [-0.2, 0) is 9.53 Å². The molecule has 0 aliphatic carbocycles. The van der Waals surface area contributed by atoms with Crippen LogP contribution in [0.2, 0.25) is 4.34 Å². The lowest BCUT2D eigenvalue weighted by atomic mass is 10.2. The number of alkyl carbamates (subject to hydrolysis) is 1. The number of aldehydes is 1. The standard InChI is InChI=1S/C11H14ClNO3S/c1-11(2,3)16-10(15)13-7(6-14)8-4-5-9(12)17-8/h4-7H,1-3H3,(H,13,15)/t7-/m0/s1. The van der Waals surface area contributed by atoms with Crippen LogP contribution in [0.3, 0.4) is 0 Å². The number of hydrogen-bond acceptors (Lipinski definition) is 4. The van der Waals surface area contributed by atoms with Crippen molar-refractivity contribution in [1.82, 2.24) is 5.32 Å². The van der Waals surface area contributed by atoms with E-state index in [4.69, 9.17) is 16.3 Å². The third kappa shape index (κ3) is 4.75. The van der Waals surface area contributed by atoms with E-state index in [0.717, 1.165) is 0 Å². The van der Waals surface area contributed by atoms with Crippen LogP contribution < -0.4 is 5.32 Å². The zero-order chi connectivity index (χ0) is 13.1. The smallest absolute Gasteiger partial charge is 0.408 e. The quantitative estimate of drug-likeness (QED) is 0.862. The molecule has 0 fully saturated rings. The Morgan fingerprint density at radius 1 is 1.53 bits per heavy atom. The Labute approximate surface area is 109 Å². The molecule has 1 heterocycles. The molecular weight excluding hydrogens is 262 g/mol. The van der Waals surface area contributed by atoms with E-state index < -0.39 is 17.7 Å². The molecule has 1 aromatic heterocycles. The summed E-state index contributed by atoms with van der Waals surface area (Å²) < 4.78 is 5.63. The zero-order valence-electron chi connectivity index (χ0n) is 9.82. The maximum Gasteiger partial charge on any atom is 0.408 e. The van der Waals surface area contributed by atoms with Gasteiger partial charge in [0.25, 0.3) is 0 Å². The van der Waals surface area contributed by atoms with Crippen molar-refractivity contribution in [3.8, 4) is 0 Å². The highest BCUT2D eigenvalue weighted by atomic mass is 35.5. The average Bonchev–Trinajstić information content (AvgIpc) is 2.58. The van der Waals surface area contributed by atoms with Gasteiger partial charge in [0, 0.05) is 4.88 Å². The van der Waals surface area contributed by atoms with E-state index >= 15 is 0 Å². The summed E-state index contributed by atoms with van der Waals surface area (Å²) in [6.45, 7) is 5.26. The largest absolute Gasteiger partial charge is 0.444 e. The number of amides is 1. The van der Waals surface area contributed by atoms with E-state index in [1.165, 1.54) is 11.3 Å². The fourth-order valence-electron chi connectivity index (χ4n) is 1.10. The average molecular weight is 276 g/mol. The molecular formula is C11H14ClNO3S. The van der Waals surface area contributed by atoms with Gasteiger partial charge in [-0.05, 0) is 32.9 Å². The van der Waals surface area contributed by atoms with Gasteiger partial charge in [0.05, 0.1) is 4.34 Å². The molecule has 17 heavy (non-hydrogen) atoms. The van der Waals surface area contributed by atoms with E-state index in [-0.39, 0.29) is 0 Å². The Morgan fingerprint density at radius 3 is 2.59 bits per heavy atom. The van der Waals surface area contributed by atoms with Crippen LogP contribution in [-0.4, -0.2) is 18.0 Å². The number of carbonyl (C=O) groups is 2. The predicted molar refractivity (Wildman–Crippen MR) is 67.5 cm³/mol. The SMILES string of the molecule is CC(C)(C)OC(=O)N[C@@H](C=O)c1ccc(Cl)s1. The van der Waals surface area contributed by atoms with E-state index in [1.807, 2.05) is 0 Å². The van der Waals surface area contributed by atoms with Gasteiger partial charge in [0.1, 0.15) is 17.9 Å². The van der Waals surface area contributed by atoms with E-state index in [9.17, 15) is 9.59 Å². The maximum atomic E-state index is 11.5. The summed E-state index contributed by atoms with van der Waals surface area (Å²) in [6.07, 6.45) is 0.0191. The second-order valence-electron chi connectivity index (χ2n) is 4.40. The van der Waals surface area contributed by atoms with Gasteiger partial charge in [-0.2, -0.15) is 0 Å². The topological polar surface area (TPSA) is 55.4 Å². The molecule has 0 bridgehead atoms. The first-order valence-electron chi connectivity index (χ1n) is 5.02. The molecule has 6 heteroatoms. The summed E-state index contributed by atoms with van der Waals surface area (Å²) in [5.41, 5.74) is -0.593. The monoisotopic (exact) mass is 275 g/mol. The Morgan fingerprint density at radius 2 is 2.18 bits per heavy atom. The second kappa shape index (κ2) is 5.51. The van der Waals surface area contributed by atoms with Crippen LogP contribution in [0.15, 0.2) is 12.1 Å². The summed E-state index contributed by atoms with van der Waals surface area (Å²) in [4.78, 5) is 23.1. The highest BCUT2D eigenvalue weighted by Crippen LogP contribution is 2.26. The molecule has 1 amide bonds. The number of nitrogens with one attached hydrogen (secondary N) is 1. The van der Waals surface area contributed by atoms with Gasteiger partial charge in [0.2, 0.25) is 0 Å². The number of halogens is 1. The van der Waals surface area contributed by atoms with Crippen molar-refractivity contribution in [1.29, 1.82) is 0 Å². The van der Waals surface area contributed by atoms with E-state index in [1.54, 1.807) is 32.9 Å². The van der Waals surface area contributed by atoms with Gasteiger partial charge < -0.3 is 14.8 Å². The Balaban J connectivity index is 2.65. The third-order valence-electron chi connectivity index (χ3n) is 1.71. The van der Waals surface area contributed by atoms with Gasteiger partial charge in [-0.3, -0.25) is 0 Å². The molecule has 1 rings (SSSR count). The van der Waals surface area contributed by atoms with Crippen molar-refractivity contribution >= 4 is 35.3 Å². The number of thiophene rings is 1. The Kier molecular flexibility index (Phi) is 4.54. The molecule has 0 aliphatic rings. The summed E-state index contributed by atoms with van der Waals surface area (Å²) in [7, 11) is 0. The number of hydrogen-bond donors (Lipinski definition) is 1. The molecule has 0 aliphatic heterocycles. The maximum absolute atomic E-state index is 11.5. The highest BCUT2D eigenvalue weighted by molar-refractivity contribution is 7.16. The van der Waals surface area contributed by atoms with Gasteiger partial charge >= 0.3 is 6.09 Å². The highest BCUT2D eigenvalue weighted by Gasteiger charge is 2.20. The van der Waals surface area contributed by atoms with Crippen LogP contribution in [0.1, 0.15) is 31.7 Å². The lowest BCUT2D eigenvalue weighted by Gasteiger charge is -2.21. The number of carbonyl (C=O) groups excluding carboxylic acids is 2. The van der Waals surface area contributed by atoms with Gasteiger partial charge in [-0.25, -0.2) is 4.79 Å². The first-order chi connectivity index (χ1) is 7.81. The normalized spacial score (nSPS) is 12.9. The van der Waals surface area contributed by atoms with Crippen molar-refractivity contribution in [3.63, 3.8) is 0 Å². The van der Waals surface area contributed by atoms with Crippen molar-refractivity contribution in [2.45, 2.75) is 32.4 Å². The minimum Gasteiger partial charge on any atom is -0.444 e. The second-order valence-corrected chi connectivity index (χ2v) is 6.15. The van der Waals surface area contributed by atoms with Crippen molar-refractivity contribution < 1.29 is 14.3 Å². The van der Waals surface area contributed by atoms with Crippen LogP contribution in [0.25, 0.3) is 0 Å². The lowest BCUT2D eigenvalue weighted by molar-refractivity contribution is -0.109. The van der Waals surface area contributed by atoms with Crippen LogP contribution in [0, 0.1) is 0 Å². The van der Waals surface area contributed by atoms with Crippen LogP contribution in [0.4, 0.5) is 4.79 Å². The van der Waals surface area contributed by atoms with Crippen molar-refractivity contribution in [2.24, 2.45) is 0 Å². The zero-order valence-corrected chi connectivity index (χ0v) is 11.4. The minimum atomic E-state index is -0.720. The summed E-state index contributed by atoms with van der Waals surface area (Å²) in [6, 6.07) is 2.65. The van der Waals surface area contributed by atoms with Crippen molar-refractivity contribution in [3.05, 3.63) is 21.3 Å². The minimum absolute atomic E-state index is 0.567. The van der Waals surface area contributed by atoms with E-state index in [0.29, 0.717) is 15.5 Å². The molecule has 1 aromatic rings. The molecule has 0 saturated carbocycles. The van der Waals surface area contributed by atoms with Gasteiger partial charge in [0.15, 0.2) is 0 Å². The molecule has 0 saturated heterocycles. The Bertz CT molecular complexity index is 411. The molecule has 1 atom stereocenters. The summed E-state index contributed by atoms with van der Waals surface area (Å²) >= 11 is 7.01. The molecule has 0 aromatic carbocycles. The molecule has 0 spiro atoms. The van der Waals surface area contributed by atoms with Crippen molar-refractivity contribution in [2.75, 3.05) is 0 Å². The summed E-state index contributed by atoms with van der Waals surface area (Å²) in [5, 5.41) is 2.48. The lowest BCUT2D eigenvalue weighted by Crippen LogP contribution is -2.35. The first-order valence-corrected chi connectivity index (χ1v) is 6.21. The van der Waals surface area contributed by atoms with Crippen LogP contribution in [0.5, 0.6) is 0 Å². The first kappa shape index (κ1) is 14.0. The predicted octanol–water partition coefficient (Wildman–Crippen LogP) is 3.17. The van der Waals surface area contributed by atoms with E-state index in [2.05, 4.69) is 5.32 Å². The number of rotatable bonds is 3. The van der Waals surface area contributed by atoms with Gasteiger partial charge in [-0.1, -0.05) is 11.6 Å². The van der Waals surface area contributed by atoms with Gasteiger partial charge in [-0.15, -0.1) is 11.3 Å². The third-order valence-corrected chi connectivity index (χ3v) is 3.02.